The number of hydrogen-bond acceptors (Lipinski definition) is 8. The minimum absolute atomic E-state index is 0.0865. The molecule has 0 spiro atoms. The van der Waals surface area contributed by atoms with Crippen molar-refractivity contribution in [1.29, 1.82) is 0 Å². The highest BCUT2D eigenvalue weighted by atomic mass is 31.2. The Balaban J connectivity index is 0.000000388. The number of hydrogen-bond donors (Lipinski definition) is 0. The van der Waals surface area contributed by atoms with Crippen LogP contribution in [0, 0.1) is 20.8 Å². The van der Waals surface area contributed by atoms with Gasteiger partial charge in [-0.05, 0) is 57.2 Å². The van der Waals surface area contributed by atoms with Crippen molar-refractivity contribution < 1.29 is 37.2 Å². The fraction of sp³-hybridized carbons (Fsp3) is 0.259. The third-order valence-corrected chi connectivity index (χ3v) is 6.01. The minimum atomic E-state index is -3.93. The van der Waals surface area contributed by atoms with Gasteiger partial charge in [0.05, 0.1) is 27.1 Å². The van der Waals surface area contributed by atoms with Crippen LogP contribution in [-0.2, 0) is 23.6 Å². The number of aryl methyl sites for hydroxylation is 3. The molecule has 0 N–H and O–H groups in total. The molecular weight excluding hydrogens is 483 g/mol. The van der Waals surface area contributed by atoms with E-state index in [0.29, 0.717) is 17.2 Å². The Kier molecular flexibility index (Phi) is 11.0. The van der Waals surface area contributed by atoms with E-state index in [9.17, 15) is 14.2 Å². The zero-order chi connectivity index (χ0) is 26.6. The topological polar surface area (TPSA) is 97.4 Å². The summed E-state index contributed by atoms with van der Waals surface area (Å²) < 4.78 is 38.8. The second-order valence-electron chi connectivity index (χ2n) is 7.81. The van der Waals surface area contributed by atoms with E-state index >= 15 is 0 Å². The molecule has 9 heteroatoms. The van der Waals surface area contributed by atoms with E-state index in [4.69, 9.17) is 13.6 Å². The van der Waals surface area contributed by atoms with E-state index in [1.165, 1.54) is 14.2 Å². The molecule has 0 aliphatic rings. The Morgan fingerprint density at radius 1 is 0.556 bits per heavy atom. The van der Waals surface area contributed by atoms with Gasteiger partial charge in [-0.25, -0.2) is 0 Å². The van der Waals surface area contributed by atoms with Gasteiger partial charge in [-0.2, -0.15) is 4.57 Å². The maximum absolute atomic E-state index is 13.3. The predicted molar refractivity (Wildman–Crippen MR) is 136 cm³/mol. The molecular formula is C27H31O8P. The molecule has 3 aromatic carbocycles. The normalized spacial score (nSPS) is 10.4. The summed E-state index contributed by atoms with van der Waals surface area (Å²) in [6, 6.07) is 21.6. The molecule has 0 amide bonds. The van der Waals surface area contributed by atoms with Crippen molar-refractivity contribution in [2.24, 2.45) is 0 Å². The van der Waals surface area contributed by atoms with Crippen LogP contribution in [0.2, 0.25) is 0 Å². The van der Waals surface area contributed by atoms with Gasteiger partial charge in [0.25, 0.3) is 0 Å². The van der Waals surface area contributed by atoms with Crippen LogP contribution < -0.4 is 13.6 Å². The predicted octanol–water partition coefficient (Wildman–Crippen LogP) is 6.37. The maximum atomic E-state index is 13.3. The highest BCUT2D eigenvalue weighted by molar-refractivity contribution is 7.49. The molecule has 0 radical (unpaired) electrons. The number of esters is 2. The zero-order valence-electron chi connectivity index (χ0n) is 21.1. The molecule has 0 fully saturated rings. The lowest BCUT2D eigenvalue weighted by molar-refractivity contribution is -0.147. The molecule has 0 atom stereocenters. The second kappa shape index (κ2) is 14.0. The molecule has 0 aliphatic heterocycles. The van der Waals surface area contributed by atoms with Gasteiger partial charge >= 0.3 is 19.8 Å². The van der Waals surface area contributed by atoms with Gasteiger partial charge in [-0.15, -0.1) is 0 Å². The molecule has 36 heavy (non-hydrogen) atoms. The lowest BCUT2D eigenvalue weighted by atomic mass is 10.2. The van der Waals surface area contributed by atoms with Crippen LogP contribution in [-0.4, -0.2) is 26.2 Å². The van der Waals surface area contributed by atoms with E-state index in [2.05, 4.69) is 9.47 Å². The van der Waals surface area contributed by atoms with Crippen molar-refractivity contribution in [2.45, 2.75) is 33.6 Å². The monoisotopic (exact) mass is 514 g/mol. The van der Waals surface area contributed by atoms with Gasteiger partial charge in [0.1, 0.15) is 17.2 Å². The van der Waals surface area contributed by atoms with Gasteiger partial charge in [0.15, 0.2) is 0 Å². The van der Waals surface area contributed by atoms with Gasteiger partial charge < -0.3 is 23.0 Å². The molecule has 0 saturated heterocycles. The molecule has 3 rings (SSSR count). The van der Waals surface area contributed by atoms with E-state index in [-0.39, 0.29) is 12.8 Å². The number of methoxy groups -OCH3 is 2. The number of rotatable bonds is 9. The first-order valence-electron chi connectivity index (χ1n) is 11.1. The highest BCUT2D eigenvalue weighted by Gasteiger charge is 2.33. The molecule has 8 nitrogen and oxygen atoms in total. The fourth-order valence-electron chi connectivity index (χ4n) is 2.65. The average molecular weight is 515 g/mol. The van der Waals surface area contributed by atoms with Crippen LogP contribution in [0.25, 0.3) is 0 Å². The first-order chi connectivity index (χ1) is 17.1. The van der Waals surface area contributed by atoms with E-state index in [1.807, 2.05) is 57.2 Å². The van der Waals surface area contributed by atoms with Crippen molar-refractivity contribution in [2.75, 3.05) is 14.2 Å². The van der Waals surface area contributed by atoms with E-state index in [1.54, 1.807) is 36.4 Å². The lowest BCUT2D eigenvalue weighted by Gasteiger charge is -2.19. The summed E-state index contributed by atoms with van der Waals surface area (Å²) in [5, 5.41) is 0. The van der Waals surface area contributed by atoms with Crippen LogP contribution in [0.4, 0.5) is 0 Å². The van der Waals surface area contributed by atoms with Crippen molar-refractivity contribution >= 4 is 19.8 Å². The summed E-state index contributed by atoms with van der Waals surface area (Å²) in [5.41, 5.74) is 3.23. The van der Waals surface area contributed by atoms with E-state index in [0.717, 1.165) is 16.7 Å². The van der Waals surface area contributed by atoms with Crippen LogP contribution in [0.5, 0.6) is 17.2 Å². The molecule has 0 bridgehead atoms. The summed E-state index contributed by atoms with van der Waals surface area (Å²) in [6.07, 6.45) is 0.173. The molecule has 192 valence electrons. The van der Waals surface area contributed by atoms with Gasteiger partial charge in [-0.1, -0.05) is 53.1 Å². The van der Waals surface area contributed by atoms with Crippen LogP contribution >= 0.6 is 7.82 Å². The maximum Gasteiger partial charge on any atom is 0.647 e. The quantitative estimate of drug-likeness (QED) is 0.240. The average Bonchev–Trinajstić information content (AvgIpc) is 2.87. The molecule has 0 unspecified atom stereocenters. The van der Waals surface area contributed by atoms with Crippen molar-refractivity contribution in [3.05, 3.63) is 89.5 Å². The Hall–Kier alpha value is -3.77. The summed E-state index contributed by atoms with van der Waals surface area (Å²) >= 11 is 0. The standard InChI is InChI=1S/C21H21O4P.C6H10O4/c1-16-4-10-19(11-5-16)23-26(22,24-20-12-6-17(2)7-13-20)25-21-14-8-18(3)9-15-21;1-9-5(7)3-4-6(8)10-2/h4-15H,1-3H3;3-4H2,1-2H3. The number of carbonyl (C=O) groups is 2. The molecule has 3 aromatic rings. The van der Waals surface area contributed by atoms with Crippen molar-refractivity contribution in [1.82, 2.24) is 0 Å². The Morgan fingerprint density at radius 3 is 1.03 bits per heavy atom. The number of benzene rings is 3. The van der Waals surface area contributed by atoms with Crippen LogP contribution in [0.15, 0.2) is 72.8 Å². The first kappa shape index (κ1) is 28.5. The van der Waals surface area contributed by atoms with Crippen molar-refractivity contribution in [3.8, 4) is 17.2 Å². The molecule has 0 aliphatic carbocycles. The third kappa shape index (κ3) is 10.2. The van der Waals surface area contributed by atoms with E-state index < -0.39 is 19.8 Å². The van der Waals surface area contributed by atoms with Gasteiger partial charge in [-0.3, -0.25) is 9.59 Å². The Morgan fingerprint density at radius 2 is 0.806 bits per heavy atom. The van der Waals surface area contributed by atoms with Gasteiger partial charge in [0.2, 0.25) is 0 Å². The summed E-state index contributed by atoms with van der Waals surface area (Å²) in [5.74, 6) is 0.449. The molecule has 0 aromatic heterocycles. The summed E-state index contributed by atoms with van der Waals surface area (Å²) in [6.45, 7) is 5.90. The Bertz CT molecular complexity index is 1020. The number of carbonyl (C=O) groups excluding carboxylic acids is 2. The number of phosphoric ester groups is 1. The number of phosphoric acid groups is 1. The summed E-state index contributed by atoms with van der Waals surface area (Å²) in [4.78, 5) is 20.8. The number of ether oxygens (including phenoxy) is 2. The molecule has 0 saturated carbocycles. The smallest absolute Gasteiger partial charge is 0.469 e. The largest absolute Gasteiger partial charge is 0.647 e. The zero-order valence-corrected chi connectivity index (χ0v) is 22.0. The van der Waals surface area contributed by atoms with Crippen LogP contribution in [0.1, 0.15) is 29.5 Å². The minimum Gasteiger partial charge on any atom is -0.469 e. The third-order valence-electron chi connectivity index (χ3n) is 4.70. The van der Waals surface area contributed by atoms with Gasteiger partial charge in [0, 0.05) is 0 Å². The second-order valence-corrected chi connectivity index (χ2v) is 9.25. The molecule has 0 heterocycles. The summed E-state index contributed by atoms with van der Waals surface area (Å²) in [7, 11) is -1.38. The lowest BCUT2D eigenvalue weighted by Crippen LogP contribution is -2.07. The fourth-order valence-corrected chi connectivity index (χ4v) is 3.90. The van der Waals surface area contributed by atoms with Crippen LogP contribution in [0.3, 0.4) is 0 Å². The Labute approximate surface area is 211 Å². The highest BCUT2D eigenvalue weighted by Crippen LogP contribution is 2.49. The SMILES string of the molecule is COC(=O)CCC(=O)OC.Cc1ccc(OP(=O)(Oc2ccc(C)cc2)Oc2ccc(C)cc2)cc1. The van der Waals surface area contributed by atoms with Crippen molar-refractivity contribution in [3.63, 3.8) is 0 Å². The first-order valence-corrected chi connectivity index (χ1v) is 12.6.